The molecule has 0 aromatic heterocycles. The van der Waals surface area contributed by atoms with Crippen LogP contribution in [0.25, 0.3) is 0 Å². The van der Waals surface area contributed by atoms with E-state index in [0.717, 1.165) is 6.42 Å². The maximum Gasteiger partial charge on any atom is 0.175 e. The molecular formula is C6H9BrO3. The Morgan fingerprint density at radius 3 is 3.00 bits per heavy atom. The average molecular weight is 209 g/mol. The van der Waals surface area contributed by atoms with E-state index in [9.17, 15) is 5.11 Å². The van der Waals surface area contributed by atoms with Gasteiger partial charge in [-0.3, -0.25) is 0 Å². The van der Waals surface area contributed by atoms with E-state index < -0.39 is 6.10 Å². The van der Waals surface area contributed by atoms with Gasteiger partial charge in [-0.15, -0.1) is 0 Å². The summed E-state index contributed by atoms with van der Waals surface area (Å²) in [6.07, 6.45) is 0.182. The van der Waals surface area contributed by atoms with Gasteiger partial charge in [0.05, 0.1) is 19.3 Å². The molecule has 2 rings (SSSR count). The molecule has 2 aliphatic heterocycles. The first-order valence-corrected chi connectivity index (χ1v) is 4.13. The maximum absolute atomic E-state index is 9.41. The van der Waals surface area contributed by atoms with Crippen LogP contribution in [0.1, 0.15) is 6.42 Å². The second-order valence-electron chi connectivity index (χ2n) is 2.73. The number of alkyl halides is 1. The van der Waals surface area contributed by atoms with E-state index in [0.29, 0.717) is 13.2 Å². The van der Waals surface area contributed by atoms with Crippen LogP contribution in [0.3, 0.4) is 0 Å². The minimum atomic E-state index is -0.417. The highest BCUT2D eigenvalue weighted by molar-refractivity contribution is 9.10. The van der Waals surface area contributed by atoms with Crippen molar-refractivity contribution in [3.8, 4) is 0 Å². The topological polar surface area (TPSA) is 38.7 Å². The molecule has 0 aliphatic carbocycles. The monoisotopic (exact) mass is 208 g/mol. The minimum absolute atomic E-state index is 0.234. The van der Waals surface area contributed by atoms with Gasteiger partial charge in [-0.1, -0.05) is 15.9 Å². The van der Waals surface area contributed by atoms with Crippen molar-refractivity contribution in [2.45, 2.75) is 23.1 Å². The number of ether oxygens (including phenoxy) is 2. The van der Waals surface area contributed by atoms with Crippen LogP contribution in [-0.2, 0) is 9.47 Å². The van der Waals surface area contributed by atoms with Crippen LogP contribution < -0.4 is 0 Å². The Kier molecular flexibility index (Phi) is 1.53. The van der Waals surface area contributed by atoms with Crippen molar-refractivity contribution >= 4 is 15.9 Å². The lowest BCUT2D eigenvalue weighted by atomic mass is 10.0. The van der Waals surface area contributed by atoms with E-state index in [-0.39, 0.29) is 10.6 Å². The summed E-state index contributed by atoms with van der Waals surface area (Å²) in [6, 6.07) is 0. The van der Waals surface area contributed by atoms with E-state index in [2.05, 4.69) is 15.9 Å². The summed E-state index contributed by atoms with van der Waals surface area (Å²) in [6.45, 7) is 1.06. The molecule has 10 heavy (non-hydrogen) atoms. The molecule has 0 spiro atoms. The Balaban J connectivity index is 2.21. The number of fused-ring (bicyclic) bond motifs is 1. The summed E-state index contributed by atoms with van der Waals surface area (Å²) >= 11 is 3.44. The van der Waals surface area contributed by atoms with Crippen molar-refractivity contribution in [3.63, 3.8) is 0 Å². The zero-order valence-corrected chi connectivity index (χ0v) is 7.00. The van der Waals surface area contributed by atoms with Crippen LogP contribution in [0, 0.1) is 0 Å². The van der Waals surface area contributed by atoms with Crippen molar-refractivity contribution in [1.82, 2.24) is 0 Å². The van der Waals surface area contributed by atoms with Crippen LogP contribution >= 0.6 is 15.9 Å². The van der Waals surface area contributed by atoms with Gasteiger partial charge in [-0.2, -0.15) is 0 Å². The van der Waals surface area contributed by atoms with Crippen molar-refractivity contribution < 1.29 is 14.6 Å². The molecule has 1 N–H and O–H groups in total. The van der Waals surface area contributed by atoms with Crippen LogP contribution in [0.4, 0.5) is 0 Å². The van der Waals surface area contributed by atoms with Gasteiger partial charge >= 0.3 is 0 Å². The number of hydrogen-bond donors (Lipinski definition) is 1. The van der Waals surface area contributed by atoms with E-state index in [1.165, 1.54) is 0 Å². The molecule has 0 bridgehead atoms. The predicted octanol–water partition coefficient (Wildman–Crippen LogP) is 0.258. The summed E-state index contributed by atoms with van der Waals surface area (Å²) in [5.41, 5.74) is 0. The van der Waals surface area contributed by atoms with Gasteiger partial charge in [0.1, 0.15) is 4.32 Å². The smallest absolute Gasteiger partial charge is 0.175 e. The summed E-state index contributed by atoms with van der Waals surface area (Å²) in [5, 5.41) is 9.41. The maximum atomic E-state index is 9.41. The van der Waals surface area contributed by atoms with Gasteiger partial charge in [-0.25, -0.2) is 0 Å². The summed E-state index contributed by atoms with van der Waals surface area (Å²) in [5.74, 6) is 0. The van der Waals surface area contributed by atoms with Gasteiger partial charge in [0, 0.05) is 0 Å². The molecule has 0 aromatic carbocycles. The third kappa shape index (κ3) is 0.763. The molecule has 4 heteroatoms. The first-order chi connectivity index (χ1) is 4.73. The van der Waals surface area contributed by atoms with Crippen molar-refractivity contribution in [3.05, 3.63) is 0 Å². The van der Waals surface area contributed by atoms with Gasteiger partial charge < -0.3 is 14.6 Å². The van der Waals surface area contributed by atoms with Crippen LogP contribution in [0.15, 0.2) is 0 Å². The standard InChI is InChI=1S/C6H9BrO3/c7-6-1-2-9-5(6)10-3-4(6)8/h4-5,8H,1-3H2/t4-,5-,6-/m1/s1. The number of aliphatic hydroxyl groups excluding tert-OH is 1. The van der Waals surface area contributed by atoms with Crippen LogP contribution in [0.5, 0.6) is 0 Å². The summed E-state index contributed by atoms with van der Waals surface area (Å²) in [4.78, 5) is 0. The largest absolute Gasteiger partial charge is 0.389 e. The molecule has 0 radical (unpaired) electrons. The molecule has 3 atom stereocenters. The van der Waals surface area contributed by atoms with E-state index >= 15 is 0 Å². The van der Waals surface area contributed by atoms with Crippen LogP contribution in [-0.4, -0.2) is 35.0 Å². The Hall–Kier alpha value is 0.360. The number of rotatable bonds is 0. The Morgan fingerprint density at radius 1 is 1.50 bits per heavy atom. The first-order valence-electron chi connectivity index (χ1n) is 3.34. The molecule has 0 unspecified atom stereocenters. The minimum Gasteiger partial charge on any atom is -0.389 e. The van der Waals surface area contributed by atoms with Gasteiger partial charge in [0.2, 0.25) is 0 Å². The quantitative estimate of drug-likeness (QED) is 0.581. The molecule has 2 saturated heterocycles. The summed E-state index contributed by atoms with van der Waals surface area (Å²) in [7, 11) is 0. The second kappa shape index (κ2) is 2.17. The fourth-order valence-corrected chi connectivity index (χ4v) is 1.96. The highest BCUT2D eigenvalue weighted by atomic mass is 79.9. The molecule has 2 aliphatic rings. The Morgan fingerprint density at radius 2 is 2.30 bits per heavy atom. The van der Waals surface area contributed by atoms with Crippen molar-refractivity contribution in [2.24, 2.45) is 0 Å². The Labute approximate surface area is 67.4 Å². The molecule has 0 aromatic rings. The SMILES string of the molecule is O[C@@H]1CO[C@H]2OCC[C@]21Br. The normalized spacial score (nSPS) is 53.4. The van der Waals surface area contributed by atoms with Crippen molar-refractivity contribution in [2.75, 3.05) is 13.2 Å². The predicted molar refractivity (Wildman–Crippen MR) is 38.0 cm³/mol. The lowest BCUT2D eigenvalue weighted by molar-refractivity contribution is -0.0861. The summed E-state index contributed by atoms with van der Waals surface area (Å²) < 4.78 is 10.1. The molecule has 3 nitrogen and oxygen atoms in total. The molecule has 58 valence electrons. The van der Waals surface area contributed by atoms with Gasteiger partial charge in [0.15, 0.2) is 6.29 Å². The first kappa shape index (κ1) is 7.03. The zero-order chi connectivity index (χ0) is 7.19. The third-order valence-electron chi connectivity index (χ3n) is 2.11. The second-order valence-corrected chi connectivity index (χ2v) is 4.21. The molecule has 2 fully saturated rings. The van der Waals surface area contributed by atoms with Crippen LogP contribution in [0.2, 0.25) is 0 Å². The molecule has 0 amide bonds. The highest BCUT2D eigenvalue weighted by Gasteiger charge is 2.53. The fraction of sp³-hybridized carbons (Fsp3) is 1.00. The van der Waals surface area contributed by atoms with E-state index in [4.69, 9.17) is 9.47 Å². The number of halogens is 1. The number of hydrogen-bond acceptors (Lipinski definition) is 3. The highest BCUT2D eigenvalue weighted by Crippen LogP contribution is 2.42. The van der Waals surface area contributed by atoms with Gasteiger partial charge in [0.25, 0.3) is 0 Å². The lowest BCUT2D eigenvalue weighted by Crippen LogP contribution is -2.36. The van der Waals surface area contributed by atoms with Crippen molar-refractivity contribution in [1.29, 1.82) is 0 Å². The molecule has 0 saturated carbocycles. The lowest BCUT2D eigenvalue weighted by Gasteiger charge is -2.20. The van der Waals surface area contributed by atoms with Gasteiger partial charge in [-0.05, 0) is 6.42 Å². The third-order valence-corrected chi connectivity index (χ3v) is 3.40. The fourth-order valence-electron chi connectivity index (χ4n) is 1.41. The molecule has 2 heterocycles. The average Bonchev–Trinajstić information content (AvgIpc) is 2.36. The van der Waals surface area contributed by atoms with E-state index in [1.807, 2.05) is 0 Å². The Bertz CT molecular complexity index is 152. The van der Waals surface area contributed by atoms with E-state index in [1.54, 1.807) is 0 Å². The number of aliphatic hydroxyl groups is 1. The molecular weight excluding hydrogens is 200 g/mol. The zero-order valence-electron chi connectivity index (χ0n) is 5.42.